The molecule has 110 valence electrons. The summed E-state index contributed by atoms with van der Waals surface area (Å²) in [7, 11) is 1.59. The normalized spacial score (nSPS) is 11.7. The van der Waals surface area contributed by atoms with Crippen LogP contribution in [0.2, 0.25) is 0 Å². The lowest BCUT2D eigenvalue weighted by atomic mass is 10.4. The maximum Gasteiger partial charge on any atom is 0.317 e. The molecule has 0 radical (unpaired) electrons. The summed E-state index contributed by atoms with van der Waals surface area (Å²) in [6.07, 6.45) is -0.0434. The molecule has 1 rings (SSSR count). The first-order valence-electron chi connectivity index (χ1n) is 6.41. The predicted octanol–water partition coefficient (Wildman–Crippen LogP) is 2.28. The standard InChI is InChI=1S/C14H20N2O3S/c1-11(20-12-6-4-3-5-7-12)10-15-14(19)16(2)9-8-13(17)18/h3-7,11H,8-10H2,1-2H3,(H,15,19)(H,17,18). The molecule has 1 aromatic rings. The number of urea groups is 1. The maximum absolute atomic E-state index is 11.7. The number of carboxylic acids is 1. The lowest BCUT2D eigenvalue weighted by Gasteiger charge is -2.19. The van der Waals surface area contributed by atoms with Crippen LogP contribution in [0.15, 0.2) is 35.2 Å². The summed E-state index contributed by atoms with van der Waals surface area (Å²) in [4.78, 5) is 24.7. The molecule has 0 spiro atoms. The van der Waals surface area contributed by atoms with Crippen molar-refractivity contribution < 1.29 is 14.7 Å². The second-order valence-electron chi connectivity index (χ2n) is 4.49. The van der Waals surface area contributed by atoms with Gasteiger partial charge in [0.15, 0.2) is 0 Å². The Kier molecular flexibility index (Phi) is 6.93. The number of carboxylic acid groups (broad SMARTS) is 1. The van der Waals surface area contributed by atoms with Crippen LogP contribution >= 0.6 is 11.8 Å². The molecule has 0 bridgehead atoms. The summed E-state index contributed by atoms with van der Waals surface area (Å²) >= 11 is 1.69. The van der Waals surface area contributed by atoms with Crippen LogP contribution in [0.5, 0.6) is 0 Å². The van der Waals surface area contributed by atoms with Crippen LogP contribution in [0.1, 0.15) is 13.3 Å². The number of hydrogen-bond acceptors (Lipinski definition) is 3. The number of carbonyl (C=O) groups excluding carboxylic acids is 1. The van der Waals surface area contributed by atoms with Crippen molar-refractivity contribution in [2.24, 2.45) is 0 Å². The summed E-state index contributed by atoms with van der Waals surface area (Å²) in [6.45, 7) is 2.78. The van der Waals surface area contributed by atoms with Crippen LogP contribution in [-0.4, -0.2) is 47.4 Å². The Bertz CT molecular complexity index is 439. The minimum atomic E-state index is -0.905. The molecular formula is C14H20N2O3S. The number of nitrogens with one attached hydrogen (secondary N) is 1. The number of thioether (sulfide) groups is 1. The van der Waals surface area contributed by atoms with Crippen molar-refractivity contribution in [1.82, 2.24) is 10.2 Å². The first-order chi connectivity index (χ1) is 9.49. The van der Waals surface area contributed by atoms with E-state index in [2.05, 4.69) is 5.32 Å². The molecule has 0 aromatic heterocycles. The van der Waals surface area contributed by atoms with Gasteiger partial charge in [0.1, 0.15) is 0 Å². The highest BCUT2D eigenvalue weighted by Gasteiger charge is 2.11. The van der Waals surface area contributed by atoms with Crippen LogP contribution in [0.3, 0.4) is 0 Å². The molecule has 0 heterocycles. The number of nitrogens with zero attached hydrogens (tertiary/aromatic N) is 1. The second-order valence-corrected chi connectivity index (χ2v) is 6.00. The van der Waals surface area contributed by atoms with E-state index in [4.69, 9.17) is 5.11 Å². The highest BCUT2D eigenvalue weighted by atomic mass is 32.2. The Morgan fingerprint density at radius 3 is 2.60 bits per heavy atom. The zero-order valence-electron chi connectivity index (χ0n) is 11.7. The minimum Gasteiger partial charge on any atom is -0.481 e. The van der Waals surface area contributed by atoms with E-state index < -0.39 is 5.97 Å². The molecule has 1 unspecified atom stereocenters. The highest BCUT2D eigenvalue weighted by Crippen LogP contribution is 2.21. The van der Waals surface area contributed by atoms with Crippen molar-refractivity contribution in [1.29, 1.82) is 0 Å². The van der Waals surface area contributed by atoms with Crippen LogP contribution in [-0.2, 0) is 4.79 Å². The molecule has 20 heavy (non-hydrogen) atoms. The lowest BCUT2D eigenvalue weighted by molar-refractivity contribution is -0.137. The van der Waals surface area contributed by atoms with Gasteiger partial charge in [0.05, 0.1) is 6.42 Å². The van der Waals surface area contributed by atoms with Gasteiger partial charge in [-0.1, -0.05) is 25.1 Å². The summed E-state index contributed by atoms with van der Waals surface area (Å²) in [6, 6.07) is 9.74. The van der Waals surface area contributed by atoms with Crippen molar-refractivity contribution >= 4 is 23.8 Å². The van der Waals surface area contributed by atoms with E-state index in [9.17, 15) is 9.59 Å². The summed E-state index contributed by atoms with van der Waals surface area (Å²) in [5.74, 6) is -0.905. The van der Waals surface area contributed by atoms with Gasteiger partial charge in [-0.25, -0.2) is 4.79 Å². The van der Waals surface area contributed by atoms with Gasteiger partial charge in [-0.2, -0.15) is 0 Å². The second kappa shape index (κ2) is 8.47. The third-order valence-electron chi connectivity index (χ3n) is 2.63. The molecule has 2 N–H and O–H groups in total. The predicted molar refractivity (Wildman–Crippen MR) is 80.0 cm³/mol. The molecular weight excluding hydrogens is 276 g/mol. The number of amides is 2. The van der Waals surface area contributed by atoms with E-state index in [1.165, 1.54) is 4.90 Å². The molecule has 0 fully saturated rings. The molecule has 0 aliphatic rings. The highest BCUT2D eigenvalue weighted by molar-refractivity contribution is 8.00. The Hall–Kier alpha value is -1.69. The number of benzene rings is 1. The Morgan fingerprint density at radius 1 is 1.35 bits per heavy atom. The number of aliphatic carboxylic acids is 1. The summed E-state index contributed by atoms with van der Waals surface area (Å²) in [5.41, 5.74) is 0. The first-order valence-corrected chi connectivity index (χ1v) is 7.29. The Labute approximate surface area is 123 Å². The minimum absolute atomic E-state index is 0.0434. The smallest absolute Gasteiger partial charge is 0.317 e. The molecule has 1 aromatic carbocycles. The number of carbonyl (C=O) groups is 2. The van der Waals surface area contributed by atoms with E-state index in [0.717, 1.165) is 4.90 Å². The van der Waals surface area contributed by atoms with Crippen LogP contribution in [0.25, 0.3) is 0 Å². The summed E-state index contributed by atoms with van der Waals surface area (Å²) < 4.78 is 0. The Morgan fingerprint density at radius 2 is 2.00 bits per heavy atom. The average molecular weight is 296 g/mol. The van der Waals surface area contributed by atoms with E-state index in [0.29, 0.717) is 6.54 Å². The number of rotatable bonds is 7. The van der Waals surface area contributed by atoms with Crippen LogP contribution in [0.4, 0.5) is 4.79 Å². The fourth-order valence-electron chi connectivity index (χ4n) is 1.50. The fourth-order valence-corrected chi connectivity index (χ4v) is 2.45. The van der Waals surface area contributed by atoms with Crippen molar-refractivity contribution in [3.63, 3.8) is 0 Å². The van der Waals surface area contributed by atoms with Crippen molar-refractivity contribution in [3.05, 3.63) is 30.3 Å². The monoisotopic (exact) mass is 296 g/mol. The van der Waals surface area contributed by atoms with Crippen molar-refractivity contribution in [2.45, 2.75) is 23.5 Å². The molecule has 0 saturated carbocycles. The van der Waals surface area contributed by atoms with Crippen molar-refractivity contribution in [3.8, 4) is 0 Å². The molecule has 1 atom stereocenters. The van der Waals surface area contributed by atoms with Gasteiger partial charge < -0.3 is 15.3 Å². The van der Waals surface area contributed by atoms with Gasteiger partial charge in [-0.05, 0) is 12.1 Å². The lowest BCUT2D eigenvalue weighted by Crippen LogP contribution is -2.40. The molecule has 0 saturated heterocycles. The Balaban J connectivity index is 2.28. The SMILES string of the molecule is CC(CNC(=O)N(C)CCC(=O)O)Sc1ccccc1. The third kappa shape index (κ3) is 6.47. The van der Waals surface area contributed by atoms with Gasteiger partial charge in [0, 0.05) is 30.3 Å². The first kappa shape index (κ1) is 16.4. The molecule has 0 aliphatic heterocycles. The molecule has 5 nitrogen and oxygen atoms in total. The van der Waals surface area contributed by atoms with E-state index in [1.807, 2.05) is 37.3 Å². The van der Waals surface area contributed by atoms with Gasteiger partial charge in [-0.3, -0.25) is 4.79 Å². The third-order valence-corrected chi connectivity index (χ3v) is 3.74. The van der Waals surface area contributed by atoms with Crippen molar-refractivity contribution in [2.75, 3.05) is 20.1 Å². The zero-order valence-corrected chi connectivity index (χ0v) is 12.5. The topological polar surface area (TPSA) is 69.6 Å². The average Bonchev–Trinajstić information content (AvgIpc) is 2.43. The van der Waals surface area contributed by atoms with Gasteiger partial charge in [0.2, 0.25) is 0 Å². The van der Waals surface area contributed by atoms with E-state index in [-0.39, 0.29) is 24.2 Å². The molecule has 2 amide bonds. The van der Waals surface area contributed by atoms with Gasteiger partial charge >= 0.3 is 12.0 Å². The quantitative estimate of drug-likeness (QED) is 0.757. The zero-order chi connectivity index (χ0) is 15.0. The molecule has 6 heteroatoms. The van der Waals surface area contributed by atoms with Gasteiger partial charge in [-0.15, -0.1) is 11.8 Å². The van der Waals surface area contributed by atoms with Crippen LogP contribution in [0, 0.1) is 0 Å². The maximum atomic E-state index is 11.7. The summed E-state index contributed by atoms with van der Waals surface area (Å²) in [5, 5.41) is 11.6. The fraction of sp³-hybridized carbons (Fsp3) is 0.429. The number of hydrogen-bond donors (Lipinski definition) is 2. The van der Waals surface area contributed by atoms with E-state index in [1.54, 1.807) is 18.8 Å². The largest absolute Gasteiger partial charge is 0.481 e. The van der Waals surface area contributed by atoms with E-state index >= 15 is 0 Å². The van der Waals surface area contributed by atoms with Crippen LogP contribution < -0.4 is 5.32 Å². The van der Waals surface area contributed by atoms with Gasteiger partial charge in [0.25, 0.3) is 0 Å². The molecule has 0 aliphatic carbocycles.